The number of alkyl halides is 1. The molecule has 0 aliphatic carbocycles. The van der Waals surface area contributed by atoms with E-state index in [0.717, 1.165) is 0 Å². The Morgan fingerprint density at radius 2 is 1.88 bits per heavy atom. The van der Waals surface area contributed by atoms with Crippen LogP contribution < -0.4 is 10.0 Å². The number of halogens is 1. The molecule has 1 rings (SSSR count). The van der Waals surface area contributed by atoms with Gasteiger partial charge in [-0.25, -0.2) is 13.1 Å². The van der Waals surface area contributed by atoms with Crippen molar-refractivity contribution in [1.29, 1.82) is 0 Å². The lowest BCUT2D eigenvalue weighted by Crippen LogP contribution is -2.18. The minimum Gasteiger partial charge on any atom is -0.325 e. The first-order valence-electron chi connectivity index (χ1n) is 4.39. The number of anilines is 1. The van der Waals surface area contributed by atoms with Gasteiger partial charge in [0.1, 0.15) is 5.88 Å². The molecule has 0 aliphatic rings. The monoisotopic (exact) mass is 262 g/mol. The van der Waals surface area contributed by atoms with E-state index in [-0.39, 0.29) is 16.7 Å². The summed E-state index contributed by atoms with van der Waals surface area (Å²) in [5, 5.41) is 2.50. The second kappa shape index (κ2) is 5.29. The van der Waals surface area contributed by atoms with E-state index in [1.165, 1.54) is 31.3 Å². The Labute approximate surface area is 98.9 Å². The van der Waals surface area contributed by atoms with Gasteiger partial charge in [-0.2, -0.15) is 0 Å². The zero-order chi connectivity index (χ0) is 12.2. The first-order chi connectivity index (χ1) is 7.49. The first-order valence-corrected chi connectivity index (χ1v) is 6.41. The van der Waals surface area contributed by atoms with Gasteiger partial charge in [0.15, 0.2) is 0 Å². The predicted molar refractivity (Wildman–Crippen MR) is 62.0 cm³/mol. The quantitative estimate of drug-likeness (QED) is 0.787. The molecule has 1 aromatic rings. The summed E-state index contributed by atoms with van der Waals surface area (Å²) in [6.07, 6.45) is 0. The molecule has 16 heavy (non-hydrogen) atoms. The normalized spacial score (nSPS) is 11.1. The molecule has 0 fully saturated rings. The summed E-state index contributed by atoms with van der Waals surface area (Å²) in [6.45, 7) is 0. The van der Waals surface area contributed by atoms with Crippen LogP contribution >= 0.6 is 11.6 Å². The molecule has 88 valence electrons. The van der Waals surface area contributed by atoms with E-state index in [1.54, 1.807) is 0 Å². The van der Waals surface area contributed by atoms with Gasteiger partial charge >= 0.3 is 0 Å². The Hall–Kier alpha value is -1.11. The molecule has 1 amide bonds. The Morgan fingerprint density at radius 1 is 1.31 bits per heavy atom. The molecular weight excluding hydrogens is 252 g/mol. The molecule has 0 heterocycles. The van der Waals surface area contributed by atoms with Crippen molar-refractivity contribution in [2.75, 3.05) is 18.2 Å². The van der Waals surface area contributed by atoms with E-state index >= 15 is 0 Å². The molecule has 0 unspecified atom stereocenters. The Bertz CT molecular complexity index is 470. The van der Waals surface area contributed by atoms with Gasteiger partial charge in [0.2, 0.25) is 15.9 Å². The minimum atomic E-state index is -3.44. The zero-order valence-electron chi connectivity index (χ0n) is 8.53. The van der Waals surface area contributed by atoms with E-state index in [0.29, 0.717) is 5.69 Å². The van der Waals surface area contributed by atoms with Crippen molar-refractivity contribution in [3.63, 3.8) is 0 Å². The first kappa shape index (κ1) is 13.0. The third-order valence-electron chi connectivity index (χ3n) is 1.84. The molecule has 0 radical (unpaired) electrons. The summed E-state index contributed by atoms with van der Waals surface area (Å²) in [7, 11) is -2.11. The molecule has 0 saturated carbocycles. The fraction of sp³-hybridized carbons (Fsp3) is 0.222. The highest BCUT2D eigenvalue weighted by Gasteiger charge is 2.10. The third kappa shape index (κ3) is 3.19. The van der Waals surface area contributed by atoms with Crippen LogP contribution in [-0.4, -0.2) is 27.3 Å². The summed E-state index contributed by atoms with van der Waals surface area (Å²) >= 11 is 5.31. The van der Waals surface area contributed by atoms with Gasteiger partial charge in [-0.3, -0.25) is 4.79 Å². The Balaban J connectivity index is 2.88. The number of benzene rings is 1. The van der Waals surface area contributed by atoms with Crippen molar-refractivity contribution in [3.8, 4) is 0 Å². The van der Waals surface area contributed by atoms with Crippen LogP contribution in [0.2, 0.25) is 0 Å². The SMILES string of the molecule is CNS(=O)(=O)c1ccc(NC(=O)CCl)cc1. The van der Waals surface area contributed by atoms with Crippen molar-refractivity contribution < 1.29 is 13.2 Å². The summed E-state index contributed by atoms with van der Waals surface area (Å²) in [6, 6.07) is 5.79. The van der Waals surface area contributed by atoms with E-state index in [4.69, 9.17) is 11.6 Å². The fourth-order valence-corrected chi connectivity index (χ4v) is 1.83. The highest BCUT2D eigenvalue weighted by atomic mass is 35.5. The van der Waals surface area contributed by atoms with Crippen molar-refractivity contribution in [2.24, 2.45) is 0 Å². The number of hydrogen-bond donors (Lipinski definition) is 2. The lowest BCUT2D eigenvalue weighted by atomic mass is 10.3. The molecule has 0 bridgehead atoms. The smallest absolute Gasteiger partial charge is 0.240 e. The molecule has 0 saturated heterocycles. The average molecular weight is 263 g/mol. The minimum absolute atomic E-state index is 0.138. The van der Waals surface area contributed by atoms with Gasteiger partial charge in [-0.05, 0) is 31.3 Å². The Morgan fingerprint density at radius 3 is 2.31 bits per heavy atom. The van der Waals surface area contributed by atoms with Crippen LogP contribution in [0.3, 0.4) is 0 Å². The zero-order valence-corrected chi connectivity index (χ0v) is 10.1. The predicted octanol–water partition coefficient (Wildman–Crippen LogP) is 0.772. The van der Waals surface area contributed by atoms with Crippen LogP contribution in [0.25, 0.3) is 0 Å². The number of hydrogen-bond acceptors (Lipinski definition) is 3. The fourth-order valence-electron chi connectivity index (χ4n) is 1.03. The molecule has 7 heteroatoms. The van der Waals surface area contributed by atoms with Crippen LogP contribution in [0.15, 0.2) is 29.2 Å². The van der Waals surface area contributed by atoms with Crippen LogP contribution in [0.5, 0.6) is 0 Å². The van der Waals surface area contributed by atoms with Crippen LogP contribution in [0.1, 0.15) is 0 Å². The molecule has 0 aromatic heterocycles. The van der Waals surface area contributed by atoms with Gasteiger partial charge in [-0.15, -0.1) is 11.6 Å². The van der Waals surface area contributed by atoms with Crippen LogP contribution in [-0.2, 0) is 14.8 Å². The summed E-state index contributed by atoms with van der Waals surface area (Å²) in [5.74, 6) is -0.484. The Kier molecular flexibility index (Phi) is 4.28. The number of carbonyl (C=O) groups is 1. The van der Waals surface area contributed by atoms with E-state index in [1.807, 2.05) is 0 Å². The molecule has 2 N–H and O–H groups in total. The van der Waals surface area contributed by atoms with Crippen LogP contribution in [0.4, 0.5) is 5.69 Å². The van der Waals surface area contributed by atoms with Crippen molar-refractivity contribution in [3.05, 3.63) is 24.3 Å². The summed E-state index contributed by atoms with van der Waals surface area (Å²) in [4.78, 5) is 11.1. The third-order valence-corrected chi connectivity index (χ3v) is 3.51. The molecule has 0 atom stereocenters. The maximum atomic E-state index is 11.4. The van der Waals surface area contributed by atoms with Gasteiger partial charge in [0.05, 0.1) is 4.90 Å². The van der Waals surface area contributed by atoms with E-state index in [2.05, 4.69) is 10.0 Å². The summed E-state index contributed by atoms with van der Waals surface area (Å²) < 4.78 is 24.9. The number of nitrogens with one attached hydrogen (secondary N) is 2. The highest BCUT2D eigenvalue weighted by molar-refractivity contribution is 7.89. The summed E-state index contributed by atoms with van der Waals surface area (Å²) in [5.41, 5.74) is 0.501. The number of amides is 1. The average Bonchev–Trinajstić information content (AvgIpc) is 2.29. The second-order valence-electron chi connectivity index (χ2n) is 2.91. The largest absolute Gasteiger partial charge is 0.325 e. The van der Waals surface area contributed by atoms with Crippen molar-refractivity contribution in [1.82, 2.24) is 4.72 Å². The van der Waals surface area contributed by atoms with Gasteiger partial charge in [-0.1, -0.05) is 0 Å². The molecule has 5 nitrogen and oxygen atoms in total. The lowest BCUT2D eigenvalue weighted by molar-refractivity contribution is -0.113. The van der Waals surface area contributed by atoms with Crippen molar-refractivity contribution >= 4 is 33.2 Å². The van der Waals surface area contributed by atoms with Gasteiger partial charge in [0, 0.05) is 5.69 Å². The highest BCUT2D eigenvalue weighted by Crippen LogP contribution is 2.13. The van der Waals surface area contributed by atoms with E-state index < -0.39 is 10.0 Å². The van der Waals surface area contributed by atoms with Crippen molar-refractivity contribution in [2.45, 2.75) is 4.90 Å². The molecular formula is C9H11ClN2O3S. The second-order valence-corrected chi connectivity index (χ2v) is 5.07. The topological polar surface area (TPSA) is 75.3 Å². The maximum Gasteiger partial charge on any atom is 0.240 e. The molecule has 0 aliphatic heterocycles. The maximum absolute atomic E-state index is 11.4. The number of rotatable bonds is 4. The van der Waals surface area contributed by atoms with E-state index in [9.17, 15) is 13.2 Å². The molecule has 0 spiro atoms. The van der Waals surface area contributed by atoms with Gasteiger partial charge in [0.25, 0.3) is 0 Å². The van der Waals surface area contributed by atoms with Crippen LogP contribution in [0, 0.1) is 0 Å². The molecule has 1 aromatic carbocycles. The standard InChI is InChI=1S/C9H11ClN2O3S/c1-11-16(14,15)8-4-2-7(3-5-8)12-9(13)6-10/h2-5,11H,6H2,1H3,(H,12,13). The lowest BCUT2D eigenvalue weighted by Gasteiger charge is -2.05. The number of carbonyl (C=O) groups excluding carboxylic acids is 1. The van der Waals surface area contributed by atoms with Gasteiger partial charge < -0.3 is 5.32 Å². The number of sulfonamides is 1.